The van der Waals surface area contributed by atoms with E-state index < -0.39 is 0 Å². The molecule has 0 saturated heterocycles. The van der Waals surface area contributed by atoms with Crippen molar-refractivity contribution in [2.45, 2.75) is 32.7 Å². The van der Waals surface area contributed by atoms with E-state index in [1.165, 1.54) is 18.6 Å². The second kappa shape index (κ2) is 10.4. The predicted octanol–water partition coefficient (Wildman–Crippen LogP) is 1.72. The topological polar surface area (TPSA) is 24.1 Å². The lowest BCUT2D eigenvalue weighted by molar-refractivity contribution is 0.506. The Bertz CT molecular complexity index is 98.9. The number of hydrogen-bond acceptors (Lipinski definition) is 3. The average Bonchev–Trinajstić information content (AvgIpc) is 2.13. The van der Waals surface area contributed by atoms with Crippen molar-refractivity contribution in [3.63, 3.8) is 0 Å². The summed E-state index contributed by atoms with van der Waals surface area (Å²) in [6.07, 6.45) is 4.61. The van der Waals surface area contributed by atoms with Crippen molar-refractivity contribution in [3.8, 4) is 0 Å². The number of thioether (sulfide) groups is 1. The maximum Gasteiger partial charge on any atom is 0.00554 e. The molecule has 80 valence electrons. The lowest BCUT2D eigenvalue weighted by atomic mass is 10.2. The molecular formula is C10H24N2S. The molecule has 2 N–H and O–H groups in total. The molecule has 0 radical (unpaired) electrons. The second-order valence-corrected chi connectivity index (χ2v) is 4.37. The first-order chi connectivity index (χ1) is 6.31. The molecule has 0 spiro atoms. The van der Waals surface area contributed by atoms with Crippen LogP contribution in [0, 0.1) is 0 Å². The van der Waals surface area contributed by atoms with E-state index in [4.69, 9.17) is 0 Å². The standard InChI is InChI=1S/C10H24N2S/c1-4-6-11-7-5-10(2)12-8-9-13-3/h10-12H,4-9H2,1-3H3. The molecule has 0 rings (SSSR count). The highest BCUT2D eigenvalue weighted by Crippen LogP contribution is 1.91. The summed E-state index contributed by atoms with van der Waals surface area (Å²) in [5, 5.41) is 6.91. The van der Waals surface area contributed by atoms with Crippen molar-refractivity contribution in [2.24, 2.45) is 0 Å². The molecule has 0 amide bonds. The van der Waals surface area contributed by atoms with Gasteiger partial charge in [-0.2, -0.15) is 11.8 Å². The van der Waals surface area contributed by atoms with Crippen LogP contribution < -0.4 is 10.6 Å². The van der Waals surface area contributed by atoms with Crippen LogP contribution in [0.25, 0.3) is 0 Å². The third-order valence-electron chi connectivity index (χ3n) is 1.98. The Balaban J connectivity index is 3.05. The molecule has 0 aliphatic rings. The van der Waals surface area contributed by atoms with Crippen LogP contribution in [0.2, 0.25) is 0 Å². The normalized spacial score (nSPS) is 13.2. The molecule has 13 heavy (non-hydrogen) atoms. The molecule has 0 saturated carbocycles. The van der Waals surface area contributed by atoms with Gasteiger partial charge in [0.1, 0.15) is 0 Å². The van der Waals surface area contributed by atoms with Gasteiger partial charge in [-0.05, 0) is 39.1 Å². The van der Waals surface area contributed by atoms with E-state index in [9.17, 15) is 0 Å². The van der Waals surface area contributed by atoms with Crippen LogP contribution in [-0.4, -0.2) is 37.7 Å². The summed E-state index contributed by atoms with van der Waals surface area (Å²) in [7, 11) is 0. The molecule has 1 unspecified atom stereocenters. The van der Waals surface area contributed by atoms with Crippen LogP contribution in [-0.2, 0) is 0 Å². The maximum absolute atomic E-state index is 3.50. The molecule has 0 bridgehead atoms. The summed E-state index contributed by atoms with van der Waals surface area (Å²) in [5.74, 6) is 1.22. The van der Waals surface area contributed by atoms with Gasteiger partial charge in [0.05, 0.1) is 0 Å². The van der Waals surface area contributed by atoms with Gasteiger partial charge in [-0.3, -0.25) is 0 Å². The number of hydrogen-bond donors (Lipinski definition) is 2. The van der Waals surface area contributed by atoms with Gasteiger partial charge in [-0.15, -0.1) is 0 Å². The van der Waals surface area contributed by atoms with E-state index in [1.807, 2.05) is 11.8 Å². The highest BCUT2D eigenvalue weighted by Gasteiger charge is 1.98. The molecule has 0 fully saturated rings. The Morgan fingerprint density at radius 3 is 2.62 bits per heavy atom. The summed E-state index contributed by atoms with van der Waals surface area (Å²) in [6.45, 7) is 7.88. The van der Waals surface area contributed by atoms with Gasteiger partial charge in [0.15, 0.2) is 0 Å². The number of nitrogens with one attached hydrogen (secondary N) is 2. The summed E-state index contributed by atoms with van der Waals surface area (Å²) in [6, 6.07) is 0.650. The van der Waals surface area contributed by atoms with Gasteiger partial charge in [-0.25, -0.2) is 0 Å². The average molecular weight is 204 g/mol. The highest BCUT2D eigenvalue weighted by molar-refractivity contribution is 7.98. The van der Waals surface area contributed by atoms with Crippen molar-refractivity contribution < 1.29 is 0 Å². The zero-order valence-electron chi connectivity index (χ0n) is 9.23. The Morgan fingerprint density at radius 2 is 2.00 bits per heavy atom. The Labute approximate surface area is 87.2 Å². The van der Waals surface area contributed by atoms with Crippen LogP contribution in [0.1, 0.15) is 26.7 Å². The van der Waals surface area contributed by atoms with E-state index in [0.717, 1.165) is 19.6 Å². The first-order valence-electron chi connectivity index (χ1n) is 5.24. The van der Waals surface area contributed by atoms with Crippen molar-refractivity contribution >= 4 is 11.8 Å². The van der Waals surface area contributed by atoms with Crippen molar-refractivity contribution in [3.05, 3.63) is 0 Å². The molecule has 2 nitrogen and oxygen atoms in total. The third kappa shape index (κ3) is 10.2. The second-order valence-electron chi connectivity index (χ2n) is 3.39. The summed E-state index contributed by atoms with van der Waals surface area (Å²) in [5.41, 5.74) is 0. The van der Waals surface area contributed by atoms with Crippen LogP contribution in [0.15, 0.2) is 0 Å². The third-order valence-corrected chi connectivity index (χ3v) is 2.59. The molecule has 0 aromatic rings. The smallest absolute Gasteiger partial charge is 0.00554 e. The molecule has 1 atom stereocenters. The quantitative estimate of drug-likeness (QED) is 0.559. The molecule has 3 heteroatoms. The molecule has 0 aliphatic carbocycles. The summed E-state index contributed by atoms with van der Waals surface area (Å²) < 4.78 is 0. The van der Waals surface area contributed by atoms with Crippen LogP contribution in [0.4, 0.5) is 0 Å². The molecule has 0 heterocycles. The Morgan fingerprint density at radius 1 is 1.23 bits per heavy atom. The van der Waals surface area contributed by atoms with Gasteiger partial charge in [0, 0.05) is 18.3 Å². The zero-order valence-corrected chi connectivity index (χ0v) is 10.0. The van der Waals surface area contributed by atoms with Gasteiger partial charge >= 0.3 is 0 Å². The minimum Gasteiger partial charge on any atom is -0.317 e. The Kier molecular flexibility index (Phi) is 10.6. The molecular weight excluding hydrogens is 180 g/mol. The molecule has 0 aromatic carbocycles. The van der Waals surface area contributed by atoms with Gasteiger partial charge < -0.3 is 10.6 Å². The number of rotatable bonds is 9. The van der Waals surface area contributed by atoms with E-state index in [2.05, 4.69) is 30.7 Å². The fourth-order valence-corrected chi connectivity index (χ4v) is 1.45. The molecule has 0 aromatic heterocycles. The monoisotopic (exact) mass is 204 g/mol. The van der Waals surface area contributed by atoms with Crippen molar-refractivity contribution in [2.75, 3.05) is 31.6 Å². The predicted molar refractivity (Wildman–Crippen MR) is 63.6 cm³/mol. The summed E-state index contributed by atoms with van der Waals surface area (Å²) >= 11 is 1.90. The van der Waals surface area contributed by atoms with Crippen molar-refractivity contribution in [1.29, 1.82) is 0 Å². The highest BCUT2D eigenvalue weighted by atomic mass is 32.2. The zero-order chi connectivity index (χ0) is 9.94. The maximum atomic E-state index is 3.50. The van der Waals surface area contributed by atoms with Gasteiger partial charge in [0.25, 0.3) is 0 Å². The fraction of sp³-hybridized carbons (Fsp3) is 1.00. The van der Waals surface area contributed by atoms with E-state index >= 15 is 0 Å². The van der Waals surface area contributed by atoms with Crippen LogP contribution in [0.5, 0.6) is 0 Å². The van der Waals surface area contributed by atoms with Gasteiger partial charge in [-0.1, -0.05) is 6.92 Å². The van der Waals surface area contributed by atoms with E-state index in [-0.39, 0.29) is 0 Å². The van der Waals surface area contributed by atoms with Gasteiger partial charge in [0.2, 0.25) is 0 Å². The van der Waals surface area contributed by atoms with Crippen LogP contribution in [0.3, 0.4) is 0 Å². The lowest BCUT2D eigenvalue weighted by Crippen LogP contribution is -2.31. The largest absolute Gasteiger partial charge is 0.317 e. The minimum atomic E-state index is 0.650. The van der Waals surface area contributed by atoms with Crippen LogP contribution >= 0.6 is 11.8 Å². The first-order valence-corrected chi connectivity index (χ1v) is 6.63. The van der Waals surface area contributed by atoms with E-state index in [0.29, 0.717) is 6.04 Å². The Hall–Kier alpha value is 0.270. The first kappa shape index (κ1) is 13.3. The molecule has 0 aliphatic heterocycles. The van der Waals surface area contributed by atoms with E-state index in [1.54, 1.807) is 0 Å². The lowest BCUT2D eigenvalue weighted by Gasteiger charge is -2.13. The summed E-state index contributed by atoms with van der Waals surface area (Å²) in [4.78, 5) is 0. The fourth-order valence-electron chi connectivity index (χ4n) is 1.13. The SMILES string of the molecule is CCCNCCC(C)NCCSC. The minimum absolute atomic E-state index is 0.650. The van der Waals surface area contributed by atoms with Crippen molar-refractivity contribution in [1.82, 2.24) is 10.6 Å².